The van der Waals surface area contributed by atoms with E-state index in [0.717, 1.165) is 33.0 Å². The van der Waals surface area contributed by atoms with Crippen molar-refractivity contribution in [2.24, 2.45) is 0 Å². The summed E-state index contributed by atoms with van der Waals surface area (Å²) in [5.74, 6) is 1.18. The van der Waals surface area contributed by atoms with Crippen LogP contribution in [0.1, 0.15) is 22.3 Å². The van der Waals surface area contributed by atoms with Crippen molar-refractivity contribution in [2.45, 2.75) is 13.0 Å². The topological polar surface area (TPSA) is 42.2 Å². The van der Waals surface area contributed by atoms with Crippen LogP contribution in [0.5, 0.6) is 11.5 Å². The number of hydrogen-bond donors (Lipinski definition) is 0. The third kappa shape index (κ3) is 5.69. The Morgan fingerprint density at radius 2 is 1.77 bits per heavy atom. The minimum Gasteiger partial charge on any atom is -0.493 e. The molecule has 0 fully saturated rings. The zero-order valence-corrected chi connectivity index (χ0v) is 20.7. The van der Waals surface area contributed by atoms with E-state index in [1.165, 1.54) is 0 Å². The smallest absolute Gasteiger partial charge is 0.165 e. The summed E-state index contributed by atoms with van der Waals surface area (Å²) in [7, 11) is 1.59. The van der Waals surface area contributed by atoms with Crippen LogP contribution in [-0.4, -0.2) is 7.11 Å². The molecule has 0 bridgehead atoms. The van der Waals surface area contributed by atoms with Gasteiger partial charge in [0.05, 0.1) is 18.8 Å². The molecule has 0 heterocycles. The number of hydrogen-bond acceptors (Lipinski definition) is 3. The number of nitriles is 1. The van der Waals surface area contributed by atoms with Gasteiger partial charge >= 0.3 is 0 Å². The average Bonchev–Trinajstić information content (AvgIpc) is 2.87. The Labute approximate surface area is 215 Å². The SMILES string of the molecule is C=CCc1cc(C=C(C#N)c2ccc3ccccc3c2)cc(OC)c1OCc1ccc(Cl)cc1Cl. The highest BCUT2D eigenvalue weighted by atomic mass is 35.5. The summed E-state index contributed by atoms with van der Waals surface area (Å²) in [5.41, 5.74) is 3.96. The van der Waals surface area contributed by atoms with Gasteiger partial charge in [0.15, 0.2) is 11.5 Å². The first-order chi connectivity index (χ1) is 17.0. The zero-order chi connectivity index (χ0) is 24.8. The molecule has 0 aromatic heterocycles. The molecule has 0 spiro atoms. The maximum Gasteiger partial charge on any atom is 0.165 e. The van der Waals surface area contributed by atoms with Gasteiger partial charge in [-0.3, -0.25) is 0 Å². The predicted molar refractivity (Wildman–Crippen MR) is 145 cm³/mol. The Morgan fingerprint density at radius 3 is 2.49 bits per heavy atom. The molecule has 0 aliphatic carbocycles. The van der Waals surface area contributed by atoms with E-state index in [4.69, 9.17) is 32.7 Å². The number of ether oxygens (including phenoxy) is 2. The molecule has 4 rings (SSSR count). The highest BCUT2D eigenvalue weighted by molar-refractivity contribution is 6.35. The minimum atomic E-state index is 0.256. The molecule has 0 saturated carbocycles. The first-order valence-electron chi connectivity index (χ1n) is 11.0. The van der Waals surface area contributed by atoms with E-state index in [2.05, 4.69) is 18.7 Å². The van der Waals surface area contributed by atoms with Gasteiger partial charge in [-0.25, -0.2) is 0 Å². The Morgan fingerprint density at radius 1 is 0.971 bits per heavy atom. The molecular formula is C30H23Cl2NO2. The Kier molecular flexibility index (Phi) is 7.77. The van der Waals surface area contributed by atoms with E-state index in [1.807, 2.05) is 60.7 Å². The fourth-order valence-electron chi connectivity index (χ4n) is 3.88. The van der Waals surface area contributed by atoms with Crippen molar-refractivity contribution in [1.29, 1.82) is 5.26 Å². The molecule has 0 N–H and O–H groups in total. The van der Waals surface area contributed by atoms with Crippen LogP contribution in [0.15, 0.2) is 85.5 Å². The number of allylic oxidation sites excluding steroid dienone is 2. The maximum atomic E-state index is 9.91. The van der Waals surface area contributed by atoms with Crippen molar-refractivity contribution in [2.75, 3.05) is 7.11 Å². The van der Waals surface area contributed by atoms with Crippen molar-refractivity contribution in [3.8, 4) is 17.6 Å². The normalized spacial score (nSPS) is 11.2. The lowest BCUT2D eigenvalue weighted by Crippen LogP contribution is -2.02. The second-order valence-electron chi connectivity index (χ2n) is 7.96. The molecule has 4 aromatic carbocycles. The minimum absolute atomic E-state index is 0.256. The van der Waals surface area contributed by atoms with E-state index < -0.39 is 0 Å². The largest absolute Gasteiger partial charge is 0.493 e. The van der Waals surface area contributed by atoms with Gasteiger partial charge in [0.2, 0.25) is 0 Å². The van der Waals surface area contributed by atoms with Gasteiger partial charge in [-0.05, 0) is 64.7 Å². The molecule has 4 aromatic rings. The molecular weight excluding hydrogens is 477 g/mol. The van der Waals surface area contributed by atoms with Crippen molar-refractivity contribution in [3.63, 3.8) is 0 Å². The van der Waals surface area contributed by atoms with E-state index in [0.29, 0.717) is 33.5 Å². The highest BCUT2D eigenvalue weighted by Gasteiger charge is 2.14. The second-order valence-corrected chi connectivity index (χ2v) is 8.80. The van der Waals surface area contributed by atoms with Gasteiger partial charge < -0.3 is 9.47 Å². The molecule has 3 nitrogen and oxygen atoms in total. The van der Waals surface area contributed by atoms with Crippen molar-refractivity contribution >= 4 is 45.6 Å². The van der Waals surface area contributed by atoms with Crippen LogP contribution in [0.25, 0.3) is 22.4 Å². The van der Waals surface area contributed by atoms with Crippen LogP contribution in [0, 0.1) is 11.3 Å². The molecule has 174 valence electrons. The zero-order valence-electron chi connectivity index (χ0n) is 19.2. The summed E-state index contributed by atoms with van der Waals surface area (Å²) in [6, 6.07) is 25.6. The van der Waals surface area contributed by atoms with Crippen LogP contribution in [-0.2, 0) is 13.0 Å². The third-order valence-electron chi connectivity index (χ3n) is 5.62. The Hall–Kier alpha value is -3.71. The van der Waals surface area contributed by atoms with Crippen molar-refractivity contribution in [1.82, 2.24) is 0 Å². The fourth-order valence-corrected chi connectivity index (χ4v) is 4.34. The summed E-state index contributed by atoms with van der Waals surface area (Å²) < 4.78 is 11.8. The molecule has 0 radical (unpaired) electrons. The van der Waals surface area contributed by atoms with Crippen LogP contribution < -0.4 is 9.47 Å². The Balaban J connectivity index is 1.70. The average molecular weight is 500 g/mol. The number of methoxy groups -OCH3 is 1. The third-order valence-corrected chi connectivity index (χ3v) is 6.20. The van der Waals surface area contributed by atoms with Crippen LogP contribution in [0.2, 0.25) is 10.0 Å². The van der Waals surface area contributed by atoms with Gasteiger partial charge in [0, 0.05) is 21.2 Å². The number of halogens is 2. The number of rotatable bonds is 8. The van der Waals surface area contributed by atoms with Gasteiger partial charge in [0.25, 0.3) is 0 Å². The molecule has 0 aliphatic heterocycles. The van der Waals surface area contributed by atoms with Gasteiger partial charge in [-0.1, -0.05) is 71.7 Å². The molecule has 0 unspecified atom stereocenters. The van der Waals surface area contributed by atoms with Gasteiger partial charge in [-0.15, -0.1) is 6.58 Å². The molecule has 0 saturated heterocycles. The highest BCUT2D eigenvalue weighted by Crippen LogP contribution is 2.36. The molecule has 0 aliphatic rings. The first-order valence-corrected chi connectivity index (χ1v) is 11.8. The lowest BCUT2D eigenvalue weighted by molar-refractivity contribution is 0.282. The molecule has 5 heteroatoms. The van der Waals surface area contributed by atoms with E-state index >= 15 is 0 Å². The molecule has 0 atom stereocenters. The standard InChI is InChI=1S/C30H23Cl2NO2/c1-3-6-24-13-20(14-26(18-33)23-10-9-21-7-4-5-8-22(21)16-23)15-29(34-2)30(24)35-19-25-11-12-27(31)17-28(25)32/h3-5,7-17H,1,6,19H2,2H3. The summed E-state index contributed by atoms with van der Waals surface area (Å²) in [4.78, 5) is 0. The van der Waals surface area contributed by atoms with Crippen LogP contribution in [0.4, 0.5) is 0 Å². The summed E-state index contributed by atoms with van der Waals surface area (Å²) in [5, 5.41) is 13.2. The predicted octanol–water partition coefficient (Wildman–Crippen LogP) is 8.53. The van der Waals surface area contributed by atoms with E-state index in [-0.39, 0.29) is 6.61 Å². The quantitative estimate of drug-likeness (QED) is 0.138. The Bertz CT molecular complexity index is 1470. The van der Waals surface area contributed by atoms with Crippen molar-refractivity contribution in [3.05, 3.63) is 118 Å². The van der Waals surface area contributed by atoms with Crippen LogP contribution >= 0.6 is 23.2 Å². The summed E-state index contributed by atoms with van der Waals surface area (Å²) in [6.07, 6.45) is 4.23. The summed E-state index contributed by atoms with van der Waals surface area (Å²) in [6.45, 7) is 4.13. The molecule has 35 heavy (non-hydrogen) atoms. The first kappa shape index (κ1) is 24.4. The van der Waals surface area contributed by atoms with E-state index in [1.54, 1.807) is 25.3 Å². The van der Waals surface area contributed by atoms with E-state index in [9.17, 15) is 5.26 Å². The number of nitrogens with zero attached hydrogens (tertiary/aromatic N) is 1. The number of benzene rings is 4. The second kappa shape index (κ2) is 11.1. The molecule has 0 amide bonds. The summed E-state index contributed by atoms with van der Waals surface area (Å²) >= 11 is 12.3. The maximum absolute atomic E-state index is 9.91. The van der Waals surface area contributed by atoms with Gasteiger partial charge in [-0.2, -0.15) is 5.26 Å². The van der Waals surface area contributed by atoms with Gasteiger partial charge in [0.1, 0.15) is 6.61 Å². The lowest BCUT2D eigenvalue weighted by atomic mass is 9.98. The lowest BCUT2D eigenvalue weighted by Gasteiger charge is -2.16. The van der Waals surface area contributed by atoms with Crippen molar-refractivity contribution < 1.29 is 9.47 Å². The fraction of sp³-hybridized carbons (Fsp3) is 0.100. The van der Waals surface area contributed by atoms with Crippen LogP contribution in [0.3, 0.4) is 0 Å². The number of fused-ring (bicyclic) bond motifs is 1. The monoisotopic (exact) mass is 499 g/mol.